The Morgan fingerprint density at radius 2 is 1.96 bits per heavy atom. The minimum atomic E-state index is -0.674. The molecule has 138 valence electrons. The Hall–Kier alpha value is -2.40. The highest BCUT2D eigenvalue weighted by Crippen LogP contribution is 2.30. The number of hydrogen-bond donors (Lipinski definition) is 1. The second-order valence-corrected chi connectivity index (χ2v) is 6.69. The molecule has 1 fully saturated rings. The van der Waals surface area contributed by atoms with Gasteiger partial charge in [-0.05, 0) is 62.7 Å². The van der Waals surface area contributed by atoms with Gasteiger partial charge in [-0.3, -0.25) is 14.7 Å². The Morgan fingerprint density at radius 1 is 1.23 bits per heavy atom. The Kier molecular flexibility index (Phi) is 6.23. The number of pyridine rings is 1. The van der Waals surface area contributed by atoms with E-state index in [1.807, 2.05) is 43.5 Å². The smallest absolute Gasteiger partial charge is 0.306 e. The van der Waals surface area contributed by atoms with Crippen LogP contribution in [0.1, 0.15) is 37.1 Å². The number of likely N-dealkylation sites (tertiary alicyclic amines) is 1. The maximum atomic E-state index is 11.2. The molecule has 0 aliphatic carbocycles. The highest BCUT2D eigenvalue weighted by atomic mass is 16.5. The van der Waals surface area contributed by atoms with Gasteiger partial charge in [0, 0.05) is 24.4 Å². The van der Waals surface area contributed by atoms with Crippen molar-refractivity contribution >= 4 is 5.97 Å². The molecule has 0 saturated carbocycles. The highest BCUT2D eigenvalue weighted by molar-refractivity contribution is 5.70. The van der Waals surface area contributed by atoms with Gasteiger partial charge in [-0.15, -0.1) is 0 Å². The number of hydrogen-bond acceptors (Lipinski definition) is 4. The Bertz CT molecular complexity index is 695. The van der Waals surface area contributed by atoms with Crippen LogP contribution < -0.4 is 4.74 Å². The van der Waals surface area contributed by atoms with Crippen LogP contribution in [0.5, 0.6) is 5.75 Å². The molecular formula is C21H26N2O3. The highest BCUT2D eigenvalue weighted by Gasteiger charge is 2.29. The predicted molar refractivity (Wildman–Crippen MR) is 100 cm³/mol. The summed E-state index contributed by atoms with van der Waals surface area (Å²) < 4.78 is 5.55. The van der Waals surface area contributed by atoms with E-state index in [0.29, 0.717) is 19.4 Å². The Balaban J connectivity index is 1.79. The lowest BCUT2D eigenvalue weighted by molar-refractivity contribution is -0.143. The molecule has 1 N–H and O–H groups in total. The molecule has 1 aliphatic rings. The van der Waals surface area contributed by atoms with E-state index in [4.69, 9.17) is 4.74 Å². The van der Waals surface area contributed by atoms with Gasteiger partial charge in [-0.1, -0.05) is 18.2 Å². The van der Waals surface area contributed by atoms with Gasteiger partial charge in [0.2, 0.25) is 0 Å². The lowest BCUT2D eigenvalue weighted by Crippen LogP contribution is -2.39. The third-order valence-electron chi connectivity index (χ3n) is 5.02. The van der Waals surface area contributed by atoms with Crippen LogP contribution in [0.4, 0.5) is 0 Å². The average molecular weight is 354 g/mol. The number of rotatable bonds is 7. The summed E-state index contributed by atoms with van der Waals surface area (Å²) in [6, 6.07) is 14.4. The number of piperidine rings is 1. The number of benzene rings is 1. The number of carboxylic acids is 1. The Morgan fingerprint density at radius 3 is 2.54 bits per heavy atom. The first-order valence-electron chi connectivity index (χ1n) is 9.27. The zero-order valence-electron chi connectivity index (χ0n) is 15.2. The minimum Gasteiger partial charge on any atom is -0.494 e. The van der Waals surface area contributed by atoms with Gasteiger partial charge in [0.05, 0.1) is 12.5 Å². The number of aromatic nitrogens is 1. The van der Waals surface area contributed by atoms with Crippen molar-refractivity contribution in [1.29, 1.82) is 0 Å². The molecule has 0 radical (unpaired) electrons. The number of carbonyl (C=O) groups is 1. The molecule has 2 heterocycles. The number of ether oxygens (including phenoxy) is 1. The molecule has 1 saturated heterocycles. The summed E-state index contributed by atoms with van der Waals surface area (Å²) in [5, 5.41) is 9.25. The Labute approximate surface area is 154 Å². The molecule has 1 aromatic carbocycles. The van der Waals surface area contributed by atoms with Crippen LogP contribution >= 0.6 is 0 Å². The molecule has 0 bridgehead atoms. The molecule has 3 rings (SSSR count). The van der Waals surface area contributed by atoms with Crippen molar-refractivity contribution in [3.8, 4) is 5.75 Å². The van der Waals surface area contributed by atoms with Gasteiger partial charge in [-0.2, -0.15) is 0 Å². The summed E-state index contributed by atoms with van der Waals surface area (Å²) in [6.45, 7) is 4.22. The molecule has 26 heavy (non-hydrogen) atoms. The van der Waals surface area contributed by atoms with E-state index in [-0.39, 0.29) is 12.0 Å². The van der Waals surface area contributed by atoms with Crippen LogP contribution in [0.15, 0.2) is 48.7 Å². The molecule has 2 aromatic rings. The van der Waals surface area contributed by atoms with Crippen molar-refractivity contribution in [2.45, 2.75) is 32.2 Å². The second kappa shape index (κ2) is 8.81. The maximum absolute atomic E-state index is 11.2. The van der Waals surface area contributed by atoms with Crippen molar-refractivity contribution in [2.24, 2.45) is 5.92 Å². The van der Waals surface area contributed by atoms with Crippen molar-refractivity contribution in [1.82, 2.24) is 9.88 Å². The monoisotopic (exact) mass is 354 g/mol. The van der Waals surface area contributed by atoms with Crippen LogP contribution in [0.25, 0.3) is 0 Å². The fourth-order valence-electron chi connectivity index (χ4n) is 3.59. The summed E-state index contributed by atoms with van der Waals surface area (Å²) >= 11 is 0. The first-order chi connectivity index (χ1) is 12.7. The van der Waals surface area contributed by atoms with E-state index >= 15 is 0 Å². The maximum Gasteiger partial charge on any atom is 0.306 e. The molecule has 1 atom stereocenters. The van der Waals surface area contributed by atoms with Crippen LogP contribution in [0.3, 0.4) is 0 Å². The van der Waals surface area contributed by atoms with Crippen LogP contribution in [0.2, 0.25) is 0 Å². The molecule has 1 aliphatic heterocycles. The summed E-state index contributed by atoms with van der Waals surface area (Å²) in [4.78, 5) is 18.1. The van der Waals surface area contributed by atoms with Gasteiger partial charge in [-0.25, -0.2) is 0 Å². The van der Waals surface area contributed by atoms with Gasteiger partial charge < -0.3 is 9.84 Å². The van der Waals surface area contributed by atoms with Crippen LogP contribution in [-0.2, 0) is 11.2 Å². The molecule has 0 amide bonds. The van der Waals surface area contributed by atoms with Gasteiger partial charge >= 0.3 is 5.97 Å². The van der Waals surface area contributed by atoms with Crippen LogP contribution in [-0.4, -0.2) is 40.7 Å². The molecule has 1 unspecified atom stereocenters. The topological polar surface area (TPSA) is 62.7 Å². The van der Waals surface area contributed by atoms with Crippen molar-refractivity contribution < 1.29 is 14.6 Å². The molecule has 1 aromatic heterocycles. The molecule has 5 heteroatoms. The van der Waals surface area contributed by atoms with Crippen molar-refractivity contribution in [2.75, 3.05) is 19.7 Å². The average Bonchev–Trinajstić information content (AvgIpc) is 2.68. The summed E-state index contributed by atoms with van der Waals surface area (Å²) in [5.74, 6) is -0.0218. The van der Waals surface area contributed by atoms with E-state index in [2.05, 4.69) is 22.0 Å². The molecule has 0 spiro atoms. The summed E-state index contributed by atoms with van der Waals surface area (Å²) in [7, 11) is 0. The summed E-state index contributed by atoms with van der Waals surface area (Å²) in [5.41, 5.74) is 2.26. The third-order valence-corrected chi connectivity index (χ3v) is 5.02. The quantitative estimate of drug-likeness (QED) is 0.824. The van der Waals surface area contributed by atoms with E-state index in [1.54, 1.807) is 0 Å². The fourth-order valence-corrected chi connectivity index (χ4v) is 3.59. The first kappa shape index (κ1) is 18.4. The molecular weight excluding hydrogens is 328 g/mol. The lowest BCUT2D eigenvalue weighted by Gasteiger charge is -2.36. The van der Waals surface area contributed by atoms with Gasteiger partial charge in [0.25, 0.3) is 0 Å². The van der Waals surface area contributed by atoms with Crippen molar-refractivity contribution in [3.05, 3.63) is 59.9 Å². The third kappa shape index (κ3) is 4.61. The SMILES string of the molecule is CCOc1ccc(C(Cc2ccccn2)N2CCC(C(=O)O)CC2)cc1. The zero-order chi connectivity index (χ0) is 18.4. The normalized spacial score (nSPS) is 17.0. The van der Waals surface area contributed by atoms with E-state index < -0.39 is 5.97 Å². The predicted octanol–water partition coefficient (Wildman–Crippen LogP) is 3.56. The largest absolute Gasteiger partial charge is 0.494 e. The van der Waals surface area contributed by atoms with E-state index in [1.165, 1.54) is 5.56 Å². The van der Waals surface area contributed by atoms with Crippen molar-refractivity contribution in [3.63, 3.8) is 0 Å². The second-order valence-electron chi connectivity index (χ2n) is 6.69. The standard InChI is InChI=1S/C21H26N2O3/c1-2-26-19-8-6-16(7-9-19)20(15-18-5-3-4-12-22-18)23-13-10-17(11-14-23)21(24)25/h3-9,12,17,20H,2,10-11,13-15H2,1H3,(H,24,25). The number of carboxylic acid groups (broad SMARTS) is 1. The van der Waals surface area contributed by atoms with E-state index in [9.17, 15) is 9.90 Å². The number of nitrogens with zero attached hydrogens (tertiary/aromatic N) is 2. The van der Waals surface area contributed by atoms with E-state index in [0.717, 1.165) is 31.0 Å². The van der Waals surface area contributed by atoms with Crippen LogP contribution in [0, 0.1) is 5.92 Å². The first-order valence-corrected chi connectivity index (χ1v) is 9.27. The number of aliphatic carboxylic acids is 1. The zero-order valence-corrected chi connectivity index (χ0v) is 15.2. The van der Waals surface area contributed by atoms with Gasteiger partial charge in [0.1, 0.15) is 5.75 Å². The fraction of sp³-hybridized carbons (Fsp3) is 0.429. The summed E-state index contributed by atoms with van der Waals surface area (Å²) in [6.07, 6.45) is 4.03. The molecule has 5 nitrogen and oxygen atoms in total. The lowest BCUT2D eigenvalue weighted by atomic mass is 9.92. The van der Waals surface area contributed by atoms with Gasteiger partial charge in [0.15, 0.2) is 0 Å². The minimum absolute atomic E-state index is 0.190.